The van der Waals surface area contributed by atoms with Gasteiger partial charge in [0.1, 0.15) is 11.3 Å². The Labute approximate surface area is 515 Å². The summed E-state index contributed by atoms with van der Waals surface area (Å²) in [6.07, 6.45) is 22.4. The highest BCUT2D eigenvalue weighted by atomic mass is 16.6. The molecule has 3 N–H and O–H groups in total. The topological polar surface area (TPSA) is 162 Å². The minimum atomic E-state index is -1.35. The van der Waals surface area contributed by atoms with Crippen molar-refractivity contribution in [2.24, 2.45) is 29.1 Å². The Morgan fingerprint density at radius 3 is 2.47 bits per heavy atom. The second-order valence-electron chi connectivity index (χ2n) is 27.3. The lowest BCUT2D eigenvalue weighted by molar-refractivity contribution is -0.221. The molecule has 1 aromatic heterocycles. The normalized spacial score (nSPS) is 31.7. The van der Waals surface area contributed by atoms with Gasteiger partial charge in [-0.25, -0.2) is 9.59 Å². The van der Waals surface area contributed by atoms with Crippen LogP contribution in [0.15, 0.2) is 148 Å². The third-order valence-corrected chi connectivity index (χ3v) is 23.3. The van der Waals surface area contributed by atoms with E-state index in [2.05, 4.69) is 127 Å². The van der Waals surface area contributed by atoms with E-state index in [-0.39, 0.29) is 95.7 Å². The van der Waals surface area contributed by atoms with Crippen LogP contribution in [0.3, 0.4) is 0 Å². The highest BCUT2D eigenvalue weighted by Gasteiger charge is 2.70. The summed E-state index contributed by atoms with van der Waals surface area (Å²) in [6.45, 7) is 0.733. The maximum absolute atomic E-state index is 16.1. The van der Waals surface area contributed by atoms with E-state index in [1.165, 1.54) is 52.5 Å². The average molecular weight is 1180 g/mol. The van der Waals surface area contributed by atoms with E-state index in [1.54, 1.807) is 6.92 Å². The summed E-state index contributed by atoms with van der Waals surface area (Å²) in [5.41, 5.74) is 10.4. The minimum Gasteiger partial charge on any atom is -0.482 e. The molecule has 6 bridgehead atoms. The summed E-state index contributed by atoms with van der Waals surface area (Å²) in [5.74, 6) is -1.33. The van der Waals surface area contributed by atoms with Crippen LogP contribution < -0.4 is 10.4 Å². The van der Waals surface area contributed by atoms with Crippen LogP contribution in [0.5, 0.6) is 5.75 Å². The number of benzene rings is 5. The van der Waals surface area contributed by atoms with Gasteiger partial charge in [-0.2, -0.15) is 0 Å². The van der Waals surface area contributed by atoms with Crippen molar-refractivity contribution in [2.75, 3.05) is 26.9 Å². The van der Waals surface area contributed by atoms with Crippen molar-refractivity contribution in [2.45, 2.75) is 157 Å². The second kappa shape index (κ2) is 22.7. The molecule has 88 heavy (non-hydrogen) atoms. The fourth-order valence-electron chi connectivity index (χ4n) is 19.4. The molecule has 3 saturated carbocycles. The fraction of sp³-hybridized carbons (Fsp3) is 0.442. The van der Waals surface area contributed by atoms with Crippen molar-refractivity contribution in [3.05, 3.63) is 216 Å². The van der Waals surface area contributed by atoms with E-state index in [0.717, 1.165) is 62.5 Å². The third-order valence-electron chi connectivity index (χ3n) is 23.3. The van der Waals surface area contributed by atoms with Gasteiger partial charge in [0.15, 0.2) is 17.8 Å². The SMILES string of the molecule is COCC(CCO)c1c(CO)c2ccc3c(c2oc1=O)C1OC(=O)CC2CC(c4cccc(C56CCCCC5C=Cc5ccccc56)c4)C=CC2c2ccc4c(c2)CCC25CCCC(O3)(C1OC(=O)C(=C(C)CO)CC4)C2CC1c2ccccc2C=CC15. The highest BCUT2D eigenvalue weighted by Crippen LogP contribution is 2.70. The van der Waals surface area contributed by atoms with E-state index in [0.29, 0.717) is 59.4 Å². The van der Waals surface area contributed by atoms with E-state index in [4.69, 9.17) is 23.4 Å². The monoisotopic (exact) mass is 1180 g/mol. The first-order chi connectivity index (χ1) is 43.0. The number of aryl methyl sites for hydroxylation is 2. The highest BCUT2D eigenvalue weighted by molar-refractivity contribution is 5.91. The van der Waals surface area contributed by atoms with Gasteiger partial charge in [0.2, 0.25) is 0 Å². The zero-order chi connectivity index (χ0) is 60.1. The van der Waals surface area contributed by atoms with Crippen LogP contribution >= 0.6 is 0 Å². The van der Waals surface area contributed by atoms with E-state index < -0.39 is 47.9 Å². The molecule has 4 heterocycles. The van der Waals surface area contributed by atoms with Crippen LogP contribution in [0.25, 0.3) is 23.1 Å². The molecule has 9 aliphatic rings. The first-order valence-corrected chi connectivity index (χ1v) is 32.7. The van der Waals surface area contributed by atoms with Crippen LogP contribution in [-0.4, -0.2) is 65.9 Å². The number of fused-ring (bicyclic) bond motifs is 14. The summed E-state index contributed by atoms with van der Waals surface area (Å²) >= 11 is 0. The molecule has 0 saturated heterocycles. The molecular weight excluding hydrogens is 1100 g/mol. The average Bonchev–Trinajstić information content (AvgIpc) is 1.44. The van der Waals surface area contributed by atoms with Gasteiger partial charge in [-0.3, -0.25) is 4.79 Å². The van der Waals surface area contributed by atoms with Crippen molar-refractivity contribution < 1.29 is 48.3 Å². The molecule has 13 atom stereocenters. The molecule has 0 radical (unpaired) electrons. The Balaban J connectivity index is 0.933. The lowest BCUT2D eigenvalue weighted by Gasteiger charge is -2.58. The van der Waals surface area contributed by atoms with Crippen LogP contribution in [0.1, 0.15) is 187 Å². The van der Waals surface area contributed by atoms with Crippen LogP contribution in [0.4, 0.5) is 0 Å². The van der Waals surface area contributed by atoms with Gasteiger partial charge in [0.05, 0.1) is 25.4 Å². The quantitative estimate of drug-likeness (QED) is 0.0547. The number of methoxy groups -OCH3 is 1. The number of rotatable bonds is 9. The number of aliphatic hydroxyl groups excluding tert-OH is 3. The number of allylic oxidation sites excluding steroid dienone is 4. The van der Waals surface area contributed by atoms with E-state index in [1.807, 2.05) is 12.1 Å². The summed E-state index contributed by atoms with van der Waals surface area (Å²) in [6, 6.07) is 37.5. The molecule has 3 fully saturated rings. The van der Waals surface area contributed by atoms with Gasteiger partial charge < -0.3 is 38.7 Å². The predicted molar refractivity (Wildman–Crippen MR) is 338 cm³/mol. The first-order valence-electron chi connectivity index (χ1n) is 32.7. The molecule has 15 rings (SSSR count). The van der Waals surface area contributed by atoms with Gasteiger partial charge in [-0.1, -0.05) is 140 Å². The molecular formula is C77H80O11. The van der Waals surface area contributed by atoms with Crippen LogP contribution in [0, 0.1) is 29.1 Å². The Hall–Kier alpha value is -7.15. The van der Waals surface area contributed by atoms with Gasteiger partial charge >= 0.3 is 17.6 Å². The summed E-state index contributed by atoms with van der Waals surface area (Å²) in [4.78, 5) is 46.7. The van der Waals surface area contributed by atoms with E-state index in [9.17, 15) is 20.1 Å². The molecule has 5 aromatic carbocycles. The maximum Gasteiger partial charge on any atom is 0.340 e. The molecule has 11 heteroatoms. The lowest BCUT2D eigenvalue weighted by Crippen LogP contribution is -2.65. The standard InChI is InChI=1S/C77H80O11/c1-45(42-79)57-25-21-46-18-19-52-37-51(46)30-35-75-32-10-34-77(66(75)41-61-59-16-5-3-11-47(59)23-28-64(61)75)72(87-73(57)82)71(69-65(88-77)29-27-60-62(43-80)68(74(83)86-70(60)69)53(31-36-78)44-84-2)85-67(81)40-54-38-50(22-26-58(52)54)49-13-9-15-56(39-49)76-33-8-7-14-55(76)24-20-48-12-4-6-17-63(48)76/h3-6,9,11-13,15-20,22-24,26-29,37,39,50,53-55,58,61,64,66,71-72,78-80H,7-8,10,14,21,25,30-36,38,40-44H2,1-2H3. The lowest BCUT2D eigenvalue weighted by atomic mass is 9.53. The third kappa shape index (κ3) is 9.05. The molecule has 3 aliphatic heterocycles. The number of esters is 2. The van der Waals surface area contributed by atoms with Crippen molar-refractivity contribution in [1.29, 1.82) is 0 Å². The summed E-state index contributed by atoms with van der Waals surface area (Å²) in [5, 5.41) is 33.0. The number of ether oxygens (including phenoxy) is 4. The van der Waals surface area contributed by atoms with Crippen LogP contribution in [-0.2, 0) is 48.7 Å². The molecule has 1 spiro atoms. The smallest absolute Gasteiger partial charge is 0.340 e. The molecule has 454 valence electrons. The number of aliphatic hydroxyl groups is 3. The maximum atomic E-state index is 16.1. The van der Waals surface area contributed by atoms with Gasteiger partial charge in [-0.05, 0) is 186 Å². The number of hydrogen-bond acceptors (Lipinski definition) is 11. The Morgan fingerprint density at radius 1 is 0.761 bits per heavy atom. The minimum absolute atomic E-state index is 0.00887. The molecule has 6 aromatic rings. The van der Waals surface area contributed by atoms with Gasteiger partial charge in [0.25, 0.3) is 0 Å². The molecule has 6 aliphatic carbocycles. The first kappa shape index (κ1) is 57.3. The molecule has 0 amide bonds. The van der Waals surface area contributed by atoms with Crippen molar-refractivity contribution >= 4 is 35.1 Å². The second-order valence-corrected chi connectivity index (χ2v) is 27.3. The Morgan fingerprint density at radius 2 is 1.61 bits per heavy atom. The number of hydrogen-bond donors (Lipinski definition) is 3. The predicted octanol–water partition coefficient (Wildman–Crippen LogP) is 13.9. The van der Waals surface area contributed by atoms with Crippen LogP contribution in [0.2, 0.25) is 0 Å². The largest absolute Gasteiger partial charge is 0.482 e. The Bertz CT molecular complexity index is 3950. The summed E-state index contributed by atoms with van der Waals surface area (Å²) < 4.78 is 34.5. The van der Waals surface area contributed by atoms with E-state index >= 15 is 9.59 Å². The van der Waals surface area contributed by atoms with Crippen molar-refractivity contribution in [3.8, 4) is 5.75 Å². The summed E-state index contributed by atoms with van der Waals surface area (Å²) in [7, 11) is 1.53. The zero-order valence-corrected chi connectivity index (χ0v) is 50.6. The zero-order valence-electron chi connectivity index (χ0n) is 50.6. The van der Waals surface area contributed by atoms with Crippen molar-refractivity contribution in [3.63, 3.8) is 0 Å². The molecule has 11 nitrogen and oxygen atoms in total. The fourth-order valence-corrected chi connectivity index (χ4v) is 19.4. The Kier molecular flexibility index (Phi) is 14.8. The number of carbonyl (C=O) groups is 2. The van der Waals surface area contributed by atoms with Gasteiger partial charge in [0, 0.05) is 65.7 Å². The van der Waals surface area contributed by atoms with Crippen molar-refractivity contribution in [1.82, 2.24) is 0 Å². The molecule has 13 unspecified atom stereocenters. The van der Waals surface area contributed by atoms with Gasteiger partial charge in [-0.15, -0.1) is 0 Å². The number of carbonyl (C=O) groups excluding carboxylic acids is 2.